The third-order valence-electron chi connectivity index (χ3n) is 4.02. The largest absolute Gasteiger partial charge is 0.349 e. The van der Waals surface area contributed by atoms with E-state index in [0.717, 1.165) is 5.56 Å². The monoisotopic (exact) mass is 336 g/mol. The molecule has 1 unspecified atom stereocenters. The molecule has 1 aromatic carbocycles. The van der Waals surface area contributed by atoms with Gasteiger partial charge < -0.3 is 11.1 Å². The summed E-state index contributed by atoms with van der Waals surface area (Å²) in [6.45, 7) is 6.06. The van der Waals surface area contributed by atoms with Crippen LogP contribution in [-0.4, -0.2) is 12.5 Å². The molecule has 1 aromatic rings. The smallest absolute Gasteiger partial charge is 0.227 e. The summed E-state index contributed by atoms with van der Waals surface area (Å²) in [4.78, 5) is 12.4. The normalized spacial score (nSPS) is 12.5. The van der Waals surface area contributed by atoms with Gasteiger partial charge in [0.25, 0.3) is 0 Å². The van der Waals surface area contributed by atoms with E-state index in [1.165, 1.54) is 12.1 Å². The van der Waals surface area contributed by atoms with E-state index in [4.69, 9.17) is 17.3 Å². The van der Waals surface area contributed by atoms with Crippen molar-refractivity contribution in [3.8, 4) is 0 Å². The molecule has 1 amide bonds. The number of nitrogens with one attached hydrogen (secondary N) is 1. The molecule has 3 N–H and O–H groups in total. The van der Waals surface area contributed by atoms with Gasteiger partial charge in [-0.3, -0.25) is 4.79 Å². The van der Waals surface area contributed by atoms with Crippen molar-refractivity contribution in [1.82, 2.24) is 5.32 Å². The lowest BCUT2D eigenvalue weighted by atomic mass is 9.81. The predicted octanol–water partition coefficient (Wildman–Crippen LogP) is 3.84. The Balaban J connectivity index is 0.00000400. The Bertz CT molecular complexity index is 470. The van der Waals surface area contributed by atoms with Crippen molar-refractivity contribution >= 4 is 29.9 Å². The average molecular weight is 337 g/mol. The van der Waals surface area contributed by atoms with E-state index in [0.29, 0.717) is 19.4 Å². The van der Waals surface area contributed by atoms with Gasteiger partial charge in [0.2, 0.25) is 5.91 Å². The van der Waals surface area contributed by atoms with Gasteiger partial charge in [0, 0.05) is 6.54 Å². The van der Waals surface area contributed by atoms with Crippen molar-refractivity contribution in [2.45, 2.75) is 39.7 Å². The van der Waals surface area contributed by atoms with Crippen LogP contribution < -0.4 is 11.1 Å². The van der Waals surface area contributed by atoms with Gasteiger partial charge in [-0.2, -0.15) is 0 Å². The van der Waals surface area contributed by atoms with Gasteiger partial charge in [-0.25, -0.2) is 4.39 Å². The SMILES string of the molecule is CCC(CC)(CN)C(=O)NC(C)c1ccc(F)c(Cl)c1.Cl. The number of hydrogen-bond acceptors (Lipinski definition) is 2. The van der Waals surface area contributed by atoms with E-state index in [-0.39, 0.29) is 29.4 Å². The van der Waals surface area contributed by atoms with Crippen molar-refractivity contribution in [3.05, 3.63) is 34.6 Å². The third kappa shape index (κ3) is 4.56. The Hall–Kier alpha value is -0.840. The van der Waals surface area contributed by atoms with Gasteiger partial charge in [-0.05, 0) is 37.5 Å². The number of rotatable bonds is 6. The van der Waals surface area contributed by atoms with Crippen molar-refractivity contribution < 1.29 is 9.18 Å². The molecule has 3 nitrogen and oxygen atoms in total. The molecule has 0 spiro atoms. The lowest BCUT2D eigenvalue weighted by Crippen LogP contribution is -2.46. The molecule has 0 aliphatic heterocycles. The van der Waals surface area contributed by atoms with Gasteiger partial charge in [-0.1, -0.05) is 31.5 Å². The van der Waals surface area contributed by atoms with E-state index in [9.17, 15) is 9.18 Å². The molecule has 0 aliphatic carbocycles. The molecule has 0 aliphatic rings. The molecule has 0 heterocycles. The third-order valence-corrected chi connectivity index (χ3v) is 4.31. The quantitative estimate of drug-likeness (QED) is 0.829. The highest BCUT2D eigenvalue weighted by atomic mass is 35.5. The highest BCUT2D eigenvalue weighted by Crippen LogP contribution is 2.27. The molecule has 1 atom stereocenters. The van der Waals surface area contributed by atoms with E-state index >= 15 is 0 Å². The number of halogens is 3. The summed E-state index contributed by atoms with van der Waals surface area (Å²) >= 11 is 5.76. The van der Waals surface area contributed by atoms with Crippen LogP contribution in [0.15, 0.2) is 18.2 Å². The first-order valence-corrected chi connectivity index (χ1v) is 7.24. The van der Waals surface area contributed by atoms with Gasteiger partial charge in [0.05, 0.1) is 16.5 Å². The summed E-state index contributed by atoms with van der Waals surface area (Å²) in [5, 5.41) is 2.99. The van der Waals surface area contributed by atoms with Crippen LogP contribution in [0.5, 0.6) is 0 Å². The topological polar surface area (TPSA) is 55.1 Å². The van der Waals surface area contributed by atoms with Crippen molar-refractivity contribution in [1.29, 1.82) is 0 Å². The van der Waals surface area contributed by atoms with Crippen LogP contribution in [0.25, 0.3) is 0 Å². The second kappa shape index (κ2) is 8.57. The zero-order valence-corrected chi connectivity index (χ0v) is 14.2. The number of carbonyl (C=O) groups excluding carboxylic acids is 1. The fourth-order valence-corrected chi connectivity index (χ4v) is 2.36. The fourth-order valence-electron chi connectivity index (χ4n) is 2.17. The summed E-state index contributed by atoms with van der Waals surface area (Å²) in [7, 11) is 0. The molecule has 120 valence electrons. The number of amides is 1. The second-order valence-electron chi connectivity index (χ2n) is 5.06. The van der Waals surface area contributed by atoms with Crippen LogP contribution in [-0.2, 0) is 4.79 Å². The van der Waals surface area contributed by atoms with E-state index < -0.39 is 11.2 Å². The standard InChI is InChI=1S/C15H22ClFN2O.ClH/c1-4-15(5-2,9-18)14(20)19-10(3)11-6-7-13(17)12(16)8-11;/h6-8,10H,4-5,9,18H2,1-3H3,(H,19,20);1H. The van der Waals surface area contributed by atoms with Crippen LogP contribution >= 0.6 is 24.0 Å². The minimum atomic E-state index is -0.544. The highest BCUT2D eigenvalue weighted by molar-refractivity contribution is 6.30. The van der Waals surface area contributed by atoms with Crippen molar-refractivity contribution in [2.75, 3.05) is 6.54 Å². The Morgan fingerprint density at radius 1 is 1.43 bits per heavy atom. The second-order valence-corrected chi connectivity index (χ2v) is 5.47. The van der Waals surface area contributed by atoms with Crippen LogP contribution in [0.4, 0.5) is 4.39 Å². The maximum absolute atomic E-state index is 13.1. The summed E-state index contributed by atoms with van der Waals surface area (Å²) in [5.41, 5.74) is 5.98. The minimum Gasteiger partial charge on any atom is -0.349 e. The Labute approximate surface area is 136 Å². The molecule has 0 aromatic heterocycles. The predicted molar refractivity (Wildman–Crippen MR) is 87.3 cm³/mol. The van der Waals surface area contributed by atoms with Crippen molar-refractivity contribution in [2.24, 2.45) is 11.1 Å². The van der Waals surface area contributed by atoms with Gasteiger partial charge in [0.15, 0.2) is 0 Å². The average Bonchev–Trinajstić information content (AvgIpc) is 2.44. The van der Waals surface area contributed by atoms with Crippen LogP contribution in [0.1, 0.15) is 45.2 Å². The lowest BCUT2D eigenvalue weighted by molar-refractivity contribution is -0.131. The molecule has 6 heteroatoms. The van der Waals surface area contributed by atoms with Crippen LogP contribution in [0.2, 0.25) is 5.02 Å². The molecule has 0 fully saturated rings. The molecule has 1 rings (SSSR count). The first-order chi connectivity index (χ1) is 9.40. The lowest BCUT2D eigenvalue weighted by Gasteiger charge is -2.30. The summed E-state index contributed by atoms with van der Waals surface area (Å²) in [5.74, 6) is -0.537. The zero-order chi connectivity index (χ0) is 15.3. The van der Waals surface area contributed by atoms with Crippen molar-refractivity contribution in [3.63, 3.8) is 0 Å². The molecular formula is C15H23Cl2FN2O. The van der Waals surface area contributed by atoms with E-state index in [1.54, 1.807) is 6.07 Å². The van der Waals surface area contributed by atoms with Crippen LogP contribution in [0.3, 0.4) is 0 Å². The van der Waals surface area contributed by atoms with Gasteiger partial charge in [-0.15, -0.1) is 12.4 Å². The number of benzene rings is 1. The summed E-state index contributed by atoms with van der Waals surface area (Å²) < 4.78 is 13.1. The van der Waals surface area contributed by atoms with Gasteiger partial charge >= 0.3 is 0 Å². The summed E-state index contributed by atoms with van der Waals surface area (Å²) in [6.07, 6.45) is 1.37. The minimum absolute atomic E-state index is 0. The zero-order valence-electron chi connectivity index (χ0n) is 12.6. The first-order valence-electron chi connectivity index (χ1n) is 6.86. The molecule has 0 radical (unpaired) electrons. The molecule has 0 saturated carbocycles. The maximum atomic E-state index is 13.1. The van der Waals surface area contributed by atoms with E-state index in [1.807, 2.05) is 20.8 Å². The van der Waals surface area contributed by atoms with Crippen LogP contribution in [0, 0.1) is 11.2 Å². The van der Waals surface area contributed by atoms with Gasteiger partial charge in [0.1, 0.15) is 5.82 Å². The number of hydrogen-bond donors (Lipinski definition) is 2. The highest BCUT2D eigenvalue weighted by Gasteiger charge is 2.34. The Kier molecular flexibility index (Phi) is 8.22. The summed E-state index contributed by atoms with van der Waals surface area (Å²) in [6, 6.07) is 4.21. The fraction of sp³-hybridized carbons (Fsp3) is 0.533. The van der Waals surface area contributed by atoms with E-state index in [2.05, 4.69) is 5.32 Å². The number of nitrogens with two attached hydrogens (primary N) is 1. The maximum Gasteiger partial charge on any atom is 0.227 e. The molecule has 21 heavy (non-hydrogen) atoms. The first kappa shape index (κ1) is 20.2. The number of carbonyl (C=O) groups is 1. The molecule has 0 saturated heterocycles. The molecular weight excluding hydrogens is 314 g/mol. The Morgan fingerprint density at radius 3 is 2.43 bits per heavy atom. The molecule has 0 bridgehead atoms. The Morgan fingerprint density at radius 2 is 2.00 bits per heavy atom.